The van der Waals surface area contributed by atoms with Crippen molar-refractivity contribution in [3.05, 3.63) is 35.1 Å². The lowest BCUT2D eigenvalue weighted by molar-refractivity contribution is -0.131. The Morgan fingerprint density at radius 3 is 2.90 bits per heavy atom. The molecule has 4 nitrogen and oxygen atoms in total. The molecule has 112 valence electrons. The van der Waals surface area contributed by atoms with E-state index in [1.54, 1.807) is 11.2 Å². The predicted octanol–water partition coefficient (Wildman–Crippen LogP) is 2.58. The maximum Gasteiger partial charge on any atom is 0.227 e. The van der Waals surface area contributed by atoms with Crippen LogP contribution in [0.5, 0.6) is 0 Å². The molecule has 0 saturated carbocycles. The van der Waals surface area contributed by atoms with Crippen LogP contribution in [0.3, 0.4) is 0 Å². The van der Waals surface area contributed by atoms with Crippen molar-refractivity contribution >= 4 is 16.9 Å². The summed E-state index contributed by atoms with van der Waals surface area (Å²) in [5.74, 6) is 0.0764. The highest BCUT2D eigenvalue weighted by molar-refractivity contribution is 5.88. The van der Waals surface area contributed by atoms with Gasteiger partial charge in [-0.2, -0.15) is 0 Å². The summed E-state index contributed by atoms with van der Waals surface area (Å²) in [6.45, 7) is 4.92. The minimum atomic E-state index is -0.0142. The predicted molar refractivity (Wildman–Crippen MR) is 81.2 cm³/mol. The van der Waals surface area contributed by atoms with E-state index >= 15 is 0 Å². The van der Waals surface area contributed by atoms with Crippen LogP contribution in [0.4, 0.5) is 0 Å². The van der Waals surface area contributed by atoms with Crippen molar-refractivity contribution in [2.75, 3.05) is 13.2 Å². The molecule has 1 aromatic carbocycles. The number of furan rings is 1. The van der Waals surface area contributed by atoms with E-state index in [4.69, 9.17) is 4.42 Å². The quantitative estimate of drug-likeness (QED) is 0.944. The molecule has 1 aliphatic rings. The molecule has 1 N–H and O–H groups in total. The molecule has 1 aliphatic heterocycles. The Morgan fingerprint density at radius 1 is 1.38 bits per heavy atom. The Labute approximate surface area is 124 Å². The molecule has 2 aromatic rings. The molecule has 1 saturated heterocycles. The summed E-state index contributed by atoms with van der Waals surface area (Å²) >= 11 is 0. The van der Waals surface area contributed by atoms with Crippen LogP contribution in [-0.4, -0.2) is 35.1 Å². The van der Waals surface area contributed by atoms with E-state index in [1.807, 2.05) is 6.07 Å². The summed E-state index contributed by atoms with van der Waals surface area (Å²) in [4.78, 5) is 14.3. The van der Waals surface area contributed by atoms with Gasteiger partial charge in [0.25, 0.3) is 0 Å². The zero-order valence-corrected chi connectivity index (χ0v) is 12.6. The lowest BCUT2D eigenvalue weighted by Gasteiger charge is -2.22. The molecule has 0 unspecified atom stereocenters. The molecule has 1 aromatic heterocycles. The van der Waals surface area contributed by atoms with E-state index in [9.17, 15) is 9.90 Å². The minimum Gasteiger partial charge on any atom is -0.464 e. The van der Waals surface area contributed by atoms with Crippen LogP contribution >= 0.6 is 0 Å². The molecule has 1 amide bonds. The number of likely N-dealkylation sites (tertiary alicyclic amines) is 1. The number of nitrogens with zero attached hydrogens (tertiary/aromatic N) is 1. The van der Waals surface area contributed by atoms with E-state index in [0.29, 0.717) is 6.42 Å². The number of rotatable bonds is 3. The van der Waals surface area contributed by atoms with Gasteiger partial charge in [0.2, 0.25) is 5.91 Å². The summed E-state index contributed by atoms with van der Waals surface area (Å²) in [7, 11) is 0. The van der Waals surface area contributed by atoms with Crippen molar-refractivity contribution in [2.45, 2.75) is 39.2 Å². The molecule has 0 spiro atoms. The van der Waals surface area contributed by atoms with Gasteiger partial charge in [-0.15, -0.1) is 0 Å². The first kappa shape index (κ1) is 14.1. The third-order valence-electron chi connectivity index (χ3n) is 4.52. The SMILES string of the molecule is Cc1cc2occ(CC(=O)N3CCC[C@@H]3CO)c2cc1C. The van der Waals surface area contributed by atoms with Gasteiger partial charge in [-0.25, -0.2) is 0 Å². The largest absolute Gasteiger partial charge is 0.464 e. The van der Waals surface area contributed by atoms with Gasteiger partial charge >= 0.3 is 0 Å². The number of fused-ring (bicyclic) bond motifs is 1. The highest BCUT2D eigenvalue weighted by atomic mass is 16.3. The summed E-state index contributed by atoms with van der Waals surface area (Å²) < 4.78 is 5.58. The number of hydrogen-bond donors (Lipinski definition) is 1. The van der Waals surface area contributed by atoms with Gasteiger partial charge in [0, 0.05) is 17.5 Å². The molecule has 21 heavy (non-hydrogen) atoms. The average molecular weight is 287 g/mol. The minimum absolute atomic E-state index is 0.0142. The second-order valence-electron chi connectivity index (χ2n) is 5.94. The first-order valence-electron chi connectivity index (χ1n) is 7.48. The normalized spacial score (nSPS) is 18.6. The van der Waals surface area contributed by atoms with Gasteiger partial charge < -0.3 is 14.4 Å². The van der Waals surface area contributed by atoms with Crippen LogP contribution in [-0.2, 0) is 11.2 Å². The van der Waals surface area contributed by atoms with E-state index in [1.165, 1.54) is 11.1 Å². The summed E-state index contributed by atoms with van der Waals surface area (Å²) in [6.07, 6.45) is 3.89. The van der Waals surface area contributed by atoms with Crippen LogP contribution in [0.1, 0.15) is 29.5 Å². The number of carbonyl (C=O) groups excluding carboxylic acids is 1. The lowest BCUT2D eigenvalue weighted by atomic mass is 10.0. The summed E-state index contributed by atoms with van der Waals surface area (Å²) in [5.41, 5.74) is 4.16. The Hall–Kier alpha value is -1.81. The van der Waals surface area contributed by atoms with Crippen molar-refractivity contribution in [2.24, 2.45) is 0 Å². The number of amides is 1. The van der Waals surface area contributed by atoms with Gasteiger partial charge in [0.05, 0.1) is 25.3 Å². The third-order valence-corrected chi connectivity index (χ3v) is 4.52. The van der Waals surface area contributed by atoms with Crippen molar-refractivity contribution in [1.29, 1.82) is 0 Å². The molecule has 0 radical (unpaired) electrons. The fourth-order valence-electron chi connectivity index (χ4n) is 3.09. The monoisotopic (exact) mass is 287 g/mol. The topological polar surface area (TPSA) is 53.7 Å². The molecular formula is C17H21NO3. The molecule has 4 heteroatoms. The Morgan fingerprint density at radius 2 is 2.14 bits per heavy atom. The fraction of sp³-hybridized carbons (Fsp3) is 0.471. The van der Waals surface area contributed by atoms with Gasteiger partial charge in [-0.05, 0) is 49.9 Å². The highest BCUT2D eigenvalue weighted by Crippen LogP contribution is 2.26. The Bertz CT molecular complexity index is 674. The number of hydrogen-bond acceptors (Lipinski definition) is 3. The van der Waals surface area contributed by atoms with Crippen LogP contribution in [0.2, 0.25) is 0 Å². The average Bonchev–Trinajstić information content (AvgIpc) is 3.07. The summed E-state index contributed by atoms with van der Waals surface area (Å²) in [6, 6.07) is 4.09. The molecule has 1 fully saturated rings. The van der Waals surface area contributed by atoms with E-state index < -0.39 is 0 Å². The van der Waals surface area contributed by atoms with E-state index in [-0.39, 0.29) is 18.6 Å². The smallest absolute Gasteiger partial charge is 0.227 e. The van der Waals surface area contributed by atoms with Crippen LogP contribution in [0.25, 0.3) is 11.0 Å². The zero-order chi connectivity index (χ0) is 15.0. The molecule has 2 heterocycles. The third kappa shape index (κ3) is 2.56. The van der Waals surface area contributed by atoms with Crippen molar-refractivity contribution in [1.82, 2.24) is 4.90 Å². The van der Waals surface area contributed by atoms with Crippen LogP contribution in [0, 0.1) is 13.8 Å². The van der Waals surface area contributed by atoms with Gasteiger partial charge in [0.15, 0.2) is 0 Å². The highest BCUT2D eigenvalue weighted by Gasteiger charge is 2.28. The van der Waals surface area contributed by atoms with E-state index in [2.05, 4.69) is 19.9 Å². The number of aryl methyl sites for hydroxylation is 2. The van der Waals surface area contributed by atoms with E-state index in [0.717, 1.165) is 35.9 Å². The van der Waals surface area contributed by atoms with Crippen molar-refractivity contribution < 1.29 is 14.3 Å². The number of aliphatic hydroxyl groups excluding tert-OH is 1. The Kier molecular flexibility index (Phi) is 3.72. The Balaban J connectivity index is 1.85. The maximum absolute atomic E-state index is 12.5. The van der Waals surface area contributed by atoms with Crippen LogP contribution < -0.4 is 0 Å². The maximum atomic E-state index is 12.5. The first-order valence-corrected chi connectivity index (χ1v) is 7.48. The zero-order valence-electron chi connectivity index (χ0n) is 12.6. The van der Waals surface area contributed by atoms with Gasteiger partial charge in [-0.3, -0.25) is 4.79 Å². The van der Waals surface area contributed by atoms with Crippen molar-refractivity contribution in [3.63, 3.8) is 0 Å². The summed E-state index contributed by atoms with van der Waals surface area (Å²) in [5, 5.41) is 10.4. The van der Waals surface area contributed by atoms with Gasteiger partial charge in [-0.1, -0.05) is 0 Å². The molecule has 3 rings (SSSR count). The second-order valence-corrected chi connectivity index (χ2v) is 5.94. The van der Waals surface area contributed by atoms with Crippen LogP contribution in [0.15, 0.2) is 22.8 Å². The molecule has 1 atom stereocenters. The molecule has 0 bridgehead atoms. The lowest BCUT2D eigenvalue weighted by Crippen LogP contribution is -2.38. The number of carbonyl (C=O) groups is 1. The van der Waals surface area contributed by atoms with Gasteiger partial charge in [0.1, 0.15) is 5.58 Å². The number of benzene rings is 1. The standard InChI is InChI=1S/C17H21NO3/c1-11-6-15-13(10-21-16(15)7-12(11)2)8-17(20)18-5-3-4-14(18)9-19/h6-7,10,14,19H,3-5,8-9H2,1-2H3/t14-/m1/s1. The fourth-order valence-corrected chi connectivity index (χ4v) is 3.09. The molecular weight excluding hydrogens is 266 g/mol. The van der Waals surface area contributed by atoms with Crippen molar-refractivity contribution in [3.8, 4) is 0 Å². The first-order chi connectivity index (χ1) is 10.1. The number of aliphatic hydroxyl groups is 1. The second kappa shape index (κ2) is 5.53. The molecule has 0 aliphatic carbocycles.